The first-order chi connectivity index (χ1) is 15.8. The van der Waals surface area contributed by atoms with Gasteiger partial charge in [0.25, 0.3) is 0 Å². The van der Waals surface area contributed by atoms with Crippen molar-refractivity contribution in [2.75, 3.05) is 7.11 Å². The fourth-order valence-corrected chi connectivity index (χ4v) is 3.89. The van der Waals surface area contributed by atoms with Crippen molar-refractivity contribution in [1.29, 1.82) is 0 Å². The van der Waals surface area contributed by atoms with Crippen molar-refractivity contribution in [1.82, 2.24) is 15.0 Å². The maximum absolute atomic E-state index is 14.3. The summed E-state index contributed by atoms with van der Waals surface area (Å²) < 4.78 is 25.6. The summed E-state index contributed by atoms with van der Waals surface area (Å²) in [5.74, 6) is -0.385. The third kappa shape index (κ3) is 4.66. The number of rotatable bonds is 6. The molecule has 3 N–H and O–H groups in total. The number of nitrogens with zero attached hydrogens (tertiary/aromatic N) is 3. The predicted octanol–water partition coefficient (Wildman–Crippen LogP) is 3.04. The second-order valence-corrected chi connectivity index (χ2v) is 8.16. The largest absolute Gasteiger partial charge is 0.484 e. The van der Waals surface area contributed by atoms with E-state index in [1.807, 2.05) is 6.07 Å². The molecule has 3 heterocycles. The molecule has 2 aromatic heterocycles. The van der Waals surface area contributed by atoms with Gasteiger partial charge in [0.05, 0.1) is 37.0 Å². The quantitative estimate of drug-likeness (QED) is 0.486. The van der Waals surface area contributed by atoms with E-state index in [-0.39, 0.29) is 17.5 Å². The number of hydrogen-bond donors (Lipinski definition) is 3. The van der Waals surface area contributed by atoms with E-state index in [2.05, 4.69) is 15.0 Å². The molecule has 3 atom stereocenters. The number of ether oxygens (including phenoxy) is 2. The number of methoxy groups -OCH3 is 1. The zero-order valence-corrected chi connectivity index (χ0v) is 18.6. The van der Waals surface area contributed by atoms with Crippen LogP contribution in [0.5, 0.6) is 11.6 Å². The number of benzene rings is 1. The summed E-state index contributed by atoms with van der Waals surface area (Å²) in [7, 11) is 1.46. The van der Waals surface area contributed by atoms with E-state index in [9.17, 15) is 19.7 Å². The van der Waals surface area contributed by atoms with Crippen LogP contribution in [0.3, 0.4) is 0 Å². The average molecular weight is 455 g/mol. The van der Waals surface area contributed by atoms with Gasteiger partial charge in [0.2, 0.25) is 5.88 Å². The van der Waals surface area contributed by atoms with E-state index in [0.717, 1.165) is 18.2 Å². The van der Waals surface area contributed by atoms with E-state index in [0.29, 0.717) is 34.8 Å². The molecule has 0 fully saturated rings. The van der Waals surface area contributed by atoms with Gasteiger partial charge in [0.1, 0.15) is 17.5 Å². The Balaban J connectivity index is 1.59. The smallest absolute Gasteiger partial charge is 0.213 e. The molecule has 3 aromatic rings. The van der Waals surface area contributed by atoms with E-state index in [1.165, 1.54) is 19.4 Å². The zero-order valence-electron chi connectivity index (χ0n) is 18.6. The van der Waals surface area contributed by atoms with E-state index < -0.39 is 24.1 Å². The van der Waals surface area contributed by atoms with Gasteiger partial charge >= 0.3 is 0 Å². The van der Waals surface area contributed by atoms with Gasteiger partial charge in [-0.15, -0.1) is 0 Å². The van der Waals surface area contributed by atoms with Crippen LogP contribution in [0.25, 0.3) is 11.3 Å². The summed E-state index contributed by atoms with van der Waals surface area (Å²) in [5.41, 5.74) is 3.41. The average Bonchev–Trinajstić information content (AvgIpc) is 2.82. The number of fused-ring (bicyclic) bond motifs is 1. The van der Waals surface area contributed by atoms with Crippen molar-refractivity contribution >= 4 is 0 Å². The Morgan fingerprint density at radius 1 is 1.15 bits per heavy atom. The molecule has 0 amide bonds. The molecule has 0 saturated carbocycles. The van der Waals surface area contributed by atoms with Crippen molar-refractivity contribution in [2.24, 2.45) is 5.92 Å². The Morgan fingerprint density at radius 3 is 2.64 bits per heavy atom. The number of aromatic nitrogens is 3. The van der Waals surface area contributed by atoms with Crippen LogP contribution < -0.4 is 9.47 Å². The topological polar surface area (TPSA) is 118 Å². The van der Waals surface area contributed by atoms with E-state index in [4.69, 9.17) is 9.47 Å². The Kier molecular flexibility index (Phi) is 6.55. The molecule has 9 heteroatoms. The summed E-state index contributed by atoms with van der Waals surface area (Å²) in [4.78, 5) is 12.9. The van der Waals surface area contributed by atoms with Crippen LogP contribution in [0, 0.1) is 18.7 Å². The molecule has 8 nitrogen and oxygen atoms in total. The van der Waals surface area contributed by atoms with Crippen LogP contribution in [-0.2, 0) is 6.42 Å². The summed E-state index contributed by atoms with van der Waals surface area (Å²) in [6, 6.07) is 6.84. The van der Waals surface area contributed by atoms with Gasteiger partial charge in [-0.1, -0.05) is 19.1 Å². The predicted molar refractivity (Wildman–Crippen MR) is 117 cm³/mol. The van der Waals surface area contributed by atoms with Gasteiger partial charge in [0.15, 0.2) is 12.1 Å². The molecule has 4 rings (SSSR count). The highest BCUT2D eigenvalue weighted by atomic mass is 19.1. The van der Waals surface area contributed by atoms with Crippen LogP contribution in [0.4, 0.5) is 4.39 Å². The van der Waals surface area contributed by atoms with Gasteiger partial charge in [-0.3, -0.25) is 4.98 Å². The molecule has 174 valence electrons. The lowest BCUT2D eigenvalue weighted by Crippen LogP contribution is -2.24. The molecule has 1 aliphatic heterocycles. The van der Waals surface area contributed by atoms with Crippen LogP contribution in [0.1, 0.15) is 48.1 Å². The van der Waals surface area contributed by atoms with Crippen LogP contribution in [-0.4, -0.2) is 43.7 Å². The molecular formula is C24H26FN3O5. The summed E-state index contributed by atoms with van der Waals surface area (Å²) in [5, 5.41) is 29.2. The van der Waals surface area contributed by atoms with Gasteiger partial charge in [-0.2, -0.15) is 0 Å². The fraction of sp³-hybridized carbons (Fsp3) is 0.375. The Hall–Kier alpha value is -3.14. The Labute approximate surface area is 190 Å². The summed E-state index contributed by atoms with van der Waals surface area (Å²) in [6.45, 7) is 3.35. The second-order valence-electron chi connectivity index (χ2n) is 8.16. The van der Waals surface area contributed by atoms with Gasteiger partial charge in [-0.25, -0.2) is 14.4 Å². The van der Waals surface area contributed by atoms with Crippen molar-refractivity contribution in [2.45, 2.75) is 45.2 Å². The van der Waals surface area contributed by atoms with Crippen LogP contribution >= 0.6 is 0 Å². The lowest BCUT2D eigenvalue weighted by molar-refractivity contribution is -0.112. The first kappa shape index (κ1) is 23.0. The number of aliphatic hydroxyl groups is 3. The number of aryl methyl sites for hydroxylation is 2. The number of hydrogen-bond acceptors (Lipinski definition) is 8. The molecule has 1 unspecified atom stereocenters. The highest BCUT2D eigenvalue weighted by Gasteiger charge is 2.28. The molecular weight excluding hydrogens is 429 g/mol. The minimum Gasteiger partial charge on any atom is -0.484 e. The standard InChI is InChI=1S/C24H26FN3O5/c1-12(24(30)31)23(29)15-5-4-14-6-7-19(33-20(14)8-15)22-13(2)28-18(11-27-22)16-9-21(32-3)26-10-17(16)25/h4-5,8-12,19,23-24,29-31H,6-7H2,1-3H3/t12-,19?,23+/m0/s1. The van der Waals surface area contributed by atoms with Gasteiger partial charge in [0, 0.05) is 17.5 Å². The Bertz CT molecular complexity index is 1160. The van der Waals surface area contributed by atoms with Gasteiger partial charge < -0.3 is 24.8 Å². The number of pyridine rings is 1. The SMILES string of the molecule is COc1cc(-c2cnc(C3CCc4ccc([C@H](O)[C@H](C)C(O)O)cc4O3)c(C)n2)c(F)cn1. The summed E-state index contributed by atoms with van der Waals surface area (Å²) >= 11 is 0. The molecule has 0 aliphatic carbocycles. The third-order valence-electron chi connectivity index (χ3n) is 5.95. The van der Waals surface area contributed by atoms with Crippen LogP contribution in [0.15, 0.2) is 36.7 Å². The molecule has 33 heavy (non-hydrogen) atoms. The van der Waals surface area contributed by atoms with Crippen molar-refractivity contribution in [3.05, 3.63) is 65.0 Å². The number of halogens is 1. The fourth-order valence-electron chi connectivity index (χ4n) is 3.89. The second kappa shape index (κ2) is 9.38. The normalized spacial score (nSPS) is 17.3. The van der Waals surface area contributed by atoms with E-state index >= 15 is 0 Å². The minimum absolute atomic E-state index is 0.248. The maximum Gasteiger partial charge on any atom is 0.213 e. The zero-order chi connectivity index (χ0) is 23.7. The molecule has 0 radical (unpaired) electrons. The molecule has 0 spiro atoms. The highest BCUT2D eigenvalue weighted by Crippen LogP contribution is 2.38. The van der Waals surface area contributed by atoms with E-state index in [1.54, 1.807) is 26.0 Å². The first-order valence-electron chi connectivity index (χ1n) is 10.7. The van der Waals surface area contributed by atoms with Crippen molar-refractivity contribution in [3.8, 4) is 22.9 Å². The third-order valence-corrected chi connectivity index (χ3v) is 5.95. The summed E-state index contributed by atoms with van der Waals surface area (Å²) in [6.07, 6.45) is 0.982. The van der Waals surface area contributed by atoms with Gasteiger partial charge in [-0.05, 0) is 37.0 Å². The minimum atomic E-state index is -1.63. The van der Waals surface area contributed by atoms with Crippen LogP contribution in [0.2, 0.25) is 0 Å². The van der Waals surface area contributed by atoms with Crippen molar-refractivity contribution < 1.29 is 29.2 Å². The lowest BCUT2D eigenvalue weighted by atomic mass is 9.93. The molecule has 0 bridgehead atoms. The molecule has 1 aliphatic rings. The lowest BCUT2D eigenvalue weighted by Gasteiger charge is -2.28. The molecule has 0 saturated heterocycles. The highest BCUT2D eigenvalue weighted by molar-refractivity contribution is 5.60. The maximum atomic E-state index is 14.3. The Morgan fingerprint density at radius 2 is 1.94 bits per heavy atom. The molecule has 1 aromatic carbocycles. The number of aliphatic hydroxyl groups excluding tert-OH is 2. The first-order valence-corrected chi connectivity index (χ1v) is 10.7. The monoisotopic (exact) mass is 455 g/mol. The van der Waals surface area contributed by atoms with Crippen molar-refractivity contribution in [3.63, 3.8) is 0 Å².